The zero-order valence-electron chi connectivity index (χ0n) is 17.4. The van der Waals surface area contributed by atoms with Gasteiger partial charge in [-0.25, -0.2) is 4.79 Å². The van der Waals surface area contributed by atoms with Gasteiger partial charge in [0.15, 0.2) is 0 Å². The zero-order chi connectivity index (χ0) is 22.3. The molecule has 1 aliphatic heterocycles. The van der Waals surface area contributed by atoms with Crippen LogP contribution in [-0.4, -0.2) is 40.9 Å². The number of benzene rings is 1. The van der Waals surface area contributed by atoms with Crippen LogP contribution in [0.1, 0.15) is 44.6 Å². The third kappa shape index (κ3) is 5.77. The van der Waals surface area contributed by atoms with Gasteiger partial charge in [-0.1, -0.05) is 36.4 Å². The molecule has 0 N–H and O–H groups in total. The number of carbonyl (C=O) groups is 1. The molecular weight excluding hydrogens is 433 g/mol. The monoisotopic (exact) mass is 462 g/mol. The van der Waals surface area contributed by atoms with Crippen LogP contribution in [0.4, 0.5) is 13.2 Å². The molecule has 0 radical (unpaired) electrons. The smallest absolute Gasteiger partial charge is 0.432 e. The van der Waals surface area contributed by atoms with Gasteiger partial charge in [0.2, 0.25) is 0 Å². The van der Waals surface area contributed by atoms with Gasteiger partial charge < -0.3 is 9.47 Å². The fourth-order valence-corrected chi connectivity index (χ4v) is 7.25. The fourth-order valence-electron chi connectivity index (χ4n) is 3.63. The molecule has 168 valence electrons. The quantitative estimate of drug-likeness (QED) is 0.230. The Kier molecular flexibility index (Phi) is 9.18. The first-order valence-corrected chi connectivity index (χ1v) is 11.9. The van der Waals surface area contributed by atoms with E-state index < -0.39 is 23.9 Å². The van der Waals surface area contributed by atoms with Crippen LogP contribution in [0.15, 0.2) is 43.0 Å². The highest BCUT2D eigenvalue weighted by atomic mass is 32.2. The number of thioether (sulfide) groups is 2. The van der Waals surface area contributed by atoms with Gasteiger partial charge in [0.1, 0.15) is 6.10 Å². The second-order valence-corrected chi connectivity index (χ2v) is 10.5. The first kappa shape index (κ1) is 25.1. The molecule has 2 atom stereocenters. The van der Waals surface area contributed by atoms with Gasteiger partial charge in [-0.15, -0.1) is 30.1 Å². The van der Waals surface area contributed by atoms with Crippen LogP contribution >= 0.6 is 23.5 Å². The van der Waals surface area contributed by atoms with Crippen molar-refractivity contribution in [1.29, 1.82) is 0 Å². The minimum atomic E-state index is -4.96. The van der Waals surface area contributed by atoms with Gasteiger partial charge in [0.25, 0.3) is 5.60 Å². The number of carbonyl (C=O) groups excluding carboxylic acids is 1. The van der Waals surface area contributed by atoms with Gasteiger partial charge in [0.05, 0.1) is 4.08 Å². The van der Waals surface area contributed by atoms with Crippen LogP contribution in [0, 0.1) is 0 Å². The summed E-state index contributed by atoms with van der Waals surface area (Å²) in [5.74, 6) is 0.565. The van der Waals surface area contributed by atoms with Crippen molar-refractivity contribution in [2.24, 2.45) is 0 Å². The van der Waals surface area contributed by atoms with Crippen LogP contribution in [0.2, 0.25) is 0 Å². The van der Waals surface area contributed by atoms with Crippen LogP contribution in [0.3, 0.4) is 0 Å². The maximum atomic E-state index is 14.1. The summed E-state index contributed by atoms with van der Waals surface area (Å²) >= 11 is 3.63. The fraction of sp³-hybridized carbons (Fsp3) is 0.591. The summed E-state index contributed by atoms with van der Waals surface area (Å²) in [7, 11) is 0.885. The molecule has 1 heterocycles. The number of unbranched alkanes of at least 4 members (excludes halogenated alkanes) is 1. The Morgan fingerprint density at radius 2 is 1.90 bits per heavy atom. The van der Waals surface area contributed by atoms with E-state index in [9.17, 15) is 18.0 Å². The van der Waals surface area contributed by atoms with E-state index in [4.69, 9.17) is 9.47 Å². The standard InChI is InChI=1S/C22H29F3O3S2/c1-4-5-9-13-20(29-14-10-15-30-20)16-17(2)28-19(26)21(27-3,22(23,24)25)18-11-7-6-8-12-18/h4,6-8,11-12,17H,1,5,9-10,13-16H2,2-3H3/t17-,21?/m0/s1. The molecule has 1 aliphatic rings. The van der Waals surface area contributed by atoms with Crippen LogP contribution in [0.25, 0.3) is 0 Å². The summed E-state index contributed by atoms with van der Waals surface area (Å²) in [4.78, 5) is 12.9. The lowest BCUT2D eigenvalue weighted by Crippen LogP contribution is -2.52. The predicted molar refractivity (Wildman–Crippen MR) is 118 cm³/mol. The van der Waals surface area contributed by atoms with E-state index in [1.54, 1.807) is 13.0 Å². The number of halogens is 3. The van der Waals surface area contributed by atoms with E-state index in [2.05, 4.69) is 6.58 Å². The Bertz CT molecular complexity index is 691. The highest BCUT2D eigenvalue weighted by Gasteiger charge is 2.64. The molecular formula is C22H29F3O3S2. The summed E-state index contributed by atoms with van der Waals surface area (Å²) in [6.45, 7) is 5.41. The molecule has 0 amide bonds. The Morgan fingerprint density at radius 3 is 2.43 bits per heavy atom. The largest absolute Gasteiger partial charge is 0.460 e. The lowest BCUT2D eigenvalue weighted by Gasteiger charge is -2.39. The third-order valence-corrected chi connectivity index (χ3v) is 8.55. The van der Waals surface area contributed by atoms with Crippen molar-refractivity contribution in [3.63, 3.8) is 0 Å². The number of allylic oxidation sites excluding steroid dienone is 1. The molecule has 3 nitrogen and oxygen atoms in total. The summed E-state index contributed by atoms with van der Waals surface area (Å²) in [6, 6.07) is 6.92. The van der Waals surface area contributed by atoms with Crippen molar-refractivity contribution in [2.75, 3.05) is 18.6 Å². The van der Waals surface area contributed by atoms with Crippen molar-refractivity contribution in [1.82, 2.24) is 0 Å². The maximum Gasteiger partial charge on any atom is 0.432 e. The van der Waals surface area contributed by atoms with E-state index in [0.717, 1.165) is 44.3 Å². The van der Waals surface area contributed by atoms with E-state index >= 15 is 0 Å². The predicted octanol–water partition coefficient (Wildman–Crippen LogP) is 6.34. The minimum absolute atomic E-state index is 0.165. The summed E-state index contributed by atoms with van der Waals surface area (Å²) < 4.78 is 52.2. The van der Waals surface area contributed by atoms with Crippen LogP contribution < -0.4 is 0 Å². The van der Waals surface area contributed by atoms with Gasteiger partial charge in [0, 0.05) is 19.1 Å². The normalized spacial score (nSPS) is 19.5. The second kappa shape index (κ2) is 11.0. The zero-order valence-corrected chi connectivity index (χ0v) is 19.0. The van der Waals surface area contributed by atoms with E-state index in [1.807, 2.05) is 29.6 Å². The van der Waals surface area contributed by atoms with Gasteiger partial charge in [-0.05, 0) is 44.1 Å². The van der Waals surface area contributed by atoms with Gasteiger partial charge in [-0.2, -0.15) is 13.2 Å². The molecule has 0 bridgehead atoms. The second-order valence-electron chi connectivity index (χ2n) is 7.31. The van der Waals surface area contributed by atoms with E-state index in [0.29, 0.717) is 6.42 Å². The van der Waals surface area contributed by atoms with Gasteiger partial charge >= 0.3 is 12.1 Å². The lowest BCUT2D eigenvalue weighted by molar-refractivity contribution is -0.278. The Balaban J connectivity index is 2.20. The first-order valence-electron chi connectivity index (χ1n) is 9.98. The molecule has 30 heavy (non-hydrogen) atoms. The topological polar surface area (TPSA) is 35.5 Å². The molecule has 0 spiro atoms. The minimum Gasteiger partial charge on any atom is -0.460 e. The van der Waals surface area contributed by atoms with Crippen molar-refractivity contribution < 1.29 is 27.4 Å². The third-order valence-electron chi connectivity index (χ3n) is 5.06. The molecule has 0 aromatic heterocycles. The Hall–Kier alpha value is -1.12. The van der Waals surface area contributed by atoms with E-state index in [-0.39, 0.29) is 9.64 Å². The average Bonchev–Trinajstić information content (AvgIpc) is 2.69. The number of alkyl halides is 3. The highest BCUT2D eigenvalue weighted by molar-refractivity contribution is 8.18. The summed E-state index contributed by atoms with van der Waals surface area (Å²) in [6.07, 6.45) is 0.523. The lowest BCUT2D eigenvalue weighted by atomic mass is 9.92. The molecule has 1 aromatic carbocycles. The number of hydrogen-bond acceptors (Lipinski definition) is 5. The number of ether oxygens (including phenoxy) is 2. The maximum absolute atomic E-state index is 14.1. The van der Waals surface area contributed by atoms with Crippen molar-refractivity contribution in [2.45, 2.75) is 61.0 Å². The van der Waals surface area contributed by atoms with Crippen molar-refractivity contribution >= 4 is 29.5 Å². The number of methoxy groups -OCH3 is 1. The van der Waals surface area contributed by atoms with Gasteiger partial charge in [-0.3, -0.25) is 0 Å². The molecule has 0 saturated carbocycles. The molecule has 1 fully saturated rings. The number of rotatable bonds is 10. The Morgan fingerprint density at radius 1 is 1.27 bits per heavy atom. The molecule has 1 unspecified atom stereocenters. The molecule has 1 saturated heterocycles. The SMILES string of the molecule is C=CCCCC1(C[C@H](C)OC(=O)C(OC)(c2ccccc2)C(F)(F)F)SCCCS1. The van der Waals surface area contributed by atoms with Crippen molar-refractivity contribution in [3.05, 3.63) is 48.6 Å². The van der Waals surface area contributed by atoms with E-state index in [1.165, 1.54) is 24.3 Å². The number of hydrogen-bond donors (Lipinski definition) is 0. The van der Waals surface area contributed by atoms with Crippen molar-refractivity contribution in [3.8, 4) is 0 Å². The summed E-state index contributed by atoms with van der Waals surface area (Å²) in [5.41, 5.74) is -3.44. The summed E-state index contributed by atoms with van der Waals surface area (Å²) in [5, 5.41) is 0. The number of esters is 1. The molecule has 1 aromatic rings. The Labute approximate surface area is 185 Å². The van der Waals surface area contributed by atoms with Crippen LogP contribution in [-0.2, 0) is 19.9 Å². The average molecular weight is 463 g/mol. The molecule has 2 rings (SSSR count). The molecule has 8 heteroatoms. The highest BCUT2D eigenvalue weighted by Crippen LogP contribution is 2.50. The first-order chi connectivity index (χ1) is 14.2. The molecule has 0 aliphatic carbocycles. The van der Waals surface area contributed by atoms with Crippen LogP contribution in [0.5, 0.6) is 0 Å².